The molecular weight excluding hydrogens is 382 g/mol. The van der Waals surface area contributed by atoms with Gasteiger partial charge >= 0.3 is 0 Å². The predicted molar refractivity (Wildman–Crippen MR) is 116 cm³/mol. The van der Waals surface area contributed by atoms with Crippen LogP contribution in [0.25, 0.3) is 11.2 Å². The quantitative estimate of drug-likeness (QED) is 0.360. The molecule has 0 aliphatic carbocycles. The zero-order valence-corrected chi connectivity index (χ0v) is 17.0. The Morgan fingerprint density at radius 1 is 1.10 bits per heavy atom. The van der Waals surface area contributed by atoms with E-state index >= 15 is 0 Å². The minimum atomic E-state index is -0.470. The van der Waals surface area contributed by atoms with Crippen molar-refractivity contribution in [3.63, 3.8) is 0 Å². The van der Waals surface area contributed by atoms with E-state index in [1.54, 1.807) is 6.33 Å². The van der Waals surface area contributed by atoms with Gasteiger partial charge in [-0.25, -0.2) is 15.0 Å². The van der Waals surface area contributed by atoms with Gasteiger partial charge in [-0.15, -0.1) is 0 Å². The summed E-state index contributed by atoms with van der Waals surface area (Å²) in [6.07, 6.45) is 3.91. The van der Waals surface area contributed by atoms with Crippen molar-refractivity contribution in [2.75, 3.05) is 5.32 Å². The molecule has 0 fully saturated rings. The largest absolute Gasteiger partial charge is 0.341 e. The van der Waals surface area contributed by atoms with Crippen molar-refractivity contribution in [2.24, 2.45) is 0 Å². The molecule has 0 unspecified atom stereocenters. The van der Waals surface area contributed by atoms with Gasteiger partial charge in [0.2, 0.25) is 5.91 Å². The second kappa shape index (κ2) is 8.45. The third-order valence-corrected chi connectivity index (χ3v) is 6.00. The van der Waals surface area contributed by atoms with Crippen molar-refractivity contribution < 1.29 is 4.79 Å². The summed E-state index contributed by atoms with van der Waals surface area (Å²) in [6, 6.07) is 15.8. The summed E-state index contributed by atoms with van der Waals surface area (Å²) < 4.78 is 0. The van der Waals surface area contributed by atoms with Crippen LogP contribution in [0, 0.1) is 6.92 Å². The SMILES string of the molecule is CCc1cccc(C)c1NC(=O)[C@H](Sc1ncnc2nc[nH]c12)c1ccccc1. The fraction of sp³-hybridized carbons (Fsp3) is 0.182. The molecule has 2 N–H and O–H groups in total. The number of hydrogen-bond donors (Lipinski definition) is 2. The van der Waals surface area contributed by atoms with Crippen LogP contribution in [-0.4, -0.2) is 25.8 Å². The number of thioether (sulfide) groups is 1. The molecule has 146 valence electrons. The van der Waals surface area contributed by atoms with Gasteiger partial charge in [-0.1, -0.05) is 67.2 Å². The van der Waals surface area contributed by atoms with E-state index in [1.807, 2.05) is 55.5 Å². The summed E-state index contributed by atoms with van der Waals surface area (Å²) in [5.74, 6) is -0.0866. The smallest absolute Gasteiger partial charge is 0.242 e. The summed E-state index contributed by atoms with van der Waals surface area (Å²) >= 11 is 1.39. The van der Waals surface area contributed by atoms with Gasteiger partial charge < -0.3 is 10.3 Å². The maximum absolute atomic E-state index is 13.4. The second-order valence-corrected chi connectivity index (χ2v) is 7.73. The lowest BCUT2D eigenvalue weighted by molar-refractivity contribution is -0.115. The van der Waals surface area contributed by atoms with E-state index in [0.29, 0.717) is 10.7 Å². The predicted octanol–water partition coefficient (Wildman–Crippen LogP) is 4.70. The fourth-order valence-electron chi connectivity index (χ4n) is 3.24. The number of para-hydroxylation sites is 1. The summed E-state index contributed by atoms with van der Waals surface area (Å²) in [4.78, 5) is 29.2. The van der Waals surface area contributed by atoms with Crippen molar-refractivity contribution in [1.29, 1.82) is 0 Å². The topological polar surface area (TPSA) is 83.6 Å². The van der Waals surface area contributed by atoms with Crippen molar-refractivity contribution in [1.82, 2.24) is 19.9 Å². The van der Waals surface area contributed by atoms with Gasteiger partial charge in [-0.2, -0.15) is 0 Å². The number of hydrogen-bond acceptors (Lipinski definition) is 5. The standard InChI is InChI=1S/C22H21N5OS/c1-3-15-11-7-8-14(2)17(15)27-21(28)19(16-9-5-4-6-10-16)29-22-18-20(24-12-23-18)25-13-26-22/h4-13,19H,3H2,1-2H3,(H,27,28)(H,23,24,25,26)/t19-/m1/s1. The number of rotatable bonds is 6. The zero-order chi connectivity index (χ0) is 20.2. The number of fused-ring (bicyclic) bond motifs is 1. The monoisotopic (exact) mass is 403 g/mol. The number of aromatic nitrogens is 4. The van der Waals surface area contributed by atoms with Crippen molar-refractivity contribution in [3.05, 3.63) is 77.9 Å². The van der Waals surface area contributed by atoms with E-state index in [-0.39, 0.29) is 5.91 Å². The lowest BCUT2D eigenvalue weighted by Crippen LogP contribution is -2.20. The van der Waals surface area contributed by atoms with Crippen molar-refractivity contribution in [2.45, 2.75) is 30.5 Å². The van der Waals surface area contributed by atoms with Crippen molar-refractivity contribution >= 4 is 34.5 Å². The van der Waals surface area contributed by atoms with Gasteiger partial charge in [0.15, 0.2) is 5.65 Å². The van der Waals surface area contributed by atoms with E-state index in [0.717, 1.165) is 34.3 Å². The molecule has 0 spiro atoms. The van der Waals surface area contributed by atoms with Gasteiger partial charge in [0, 0.05) is 5.69 Å². The highest BCUT2D eigenvalue weighted by Crippen LogP contribution is 2.37. The van der Waals surface area contributed by atoms with E-state index in [2.05, 4.69) is 32.2 Å². The molecule has 1 amide bonds. The molecule has 29 heavy (non-hydrogen) atoms. The number of aryl methyl sites for hydroxylation is 2. The number of carbonyl (C=O) groups excluding carboxylic acids is 1. The van der Waals surface area contributed by atoms with E-state index < -0.39 is 5.25 Å². The first-order valence-electron chi connectivity index (χ1n) is 9.42. The Labute approximate surface area is 173 Å². The molecule has 6 nitrogen and oxygen atoms in total. The molecule has 2 aromatic heterocycles. The Bertz CT molecular complexity index is 1140. The molecule has 0 aliphatic heterocycles. The van der Waals surface area contributed by atoms with Gasteiger partial charge in [0.1, 0.15) is 22.1 Å². The summed E-state index contributed by atoms with van der Waals surface area (Å²) in [5, 5.41) is 3.38. The van der Waals surface area contributed by atoms with Crippen LogP contribution in [0.1, 0.15) is 28.9 Å². The van der Waals surface area contributed by atoms with Crippen LogP contribution in [0.5, 0.6) is 0 Å². The lowest BCUT2D eigenvalue weighted by Gasteiger charge is -2.19. The molecular formula is C22H21N5OS. The number of benzene rings is 2. The normalized spacial score (nSPS) is 12.1. The number of carbonyl (C=O) groups is 1. The van der Waals surface area contributed by atoms with Crippen LogP contribution in [0.3, 0.4) is 0 Å². The zero-order valence-electron chi connectivity index (χ0n) is 16.2. The second-order valence-electron chi connectivity index (χ2n) is 6.64. The molecule has 0 bridgehead atoms. The first kappa shape index (κ1) is 19.1. The molecule has 0 radical (unpaired) electrons. The number of amides is 1. The van der Waals surface area contributed by atoms with E-state index in [1.165, 1.54) is 18.1 Å². The van der Waals surface area contributed by atoms with Crippen LogP contribution >= 0.6 is 11.8 Å². The number of H-pyrrole nitrogens is 1. The Morgan fingerprint density at radius 2 is 1.93 bits per heavy atom. The van der Waals surface area contributed by atoms with Gasteiger partial charge in [0.05, 0.1) is 6.33 Å². The van der Waals surface area contributed by atoms with E-state index in [4.69, 9.17) is 0 Å². The third-order valence-electron chi connectivity index (χ3n) is 4.75. The van der Waals surface area contributed by atoms with Crippen LogP contribution in [0.4, 0.5) is 5.69 Å². The van der Waals surface area contributed by atoms with Gasteiger partial charge in [-0.05, 0) is 30.0 Å². The maximum Gasteiger partial charge on any atom is 0.242 e. The number of anilines is 1. The summed E-state index contributed by atoms with van der Waals surface area (Å²) in [6.45, 7) is 4.10. The minimum absolute atomic E-state index is 0.0866. The summed E-state index contributed by atoms with van der Waals surface area (Å²) in [5.41, 5.74) is 5.28. The van der Waals surface area contributed by atoms with Crippen LogP contribution in [-0.2, 0) is 11.2 Å². The number of nitrogens with one attached hydrogen (secondary N) is 2. The maximum atomic E-state index is 13.4. The molecule has 4 aromatic rings. The molecule has 2 aromatic carbocycles. The Kier molecular flexibility index (Phi) is 5.57. The molecule has 2 heterocycles. The molecule has 0 aliphatic rings. The lowest BCUT2D eigenvalue weighted by atomic mass is 10.1. The van der Waals surface area contributed by atoms with E-state index in [9.17, 15) is 4.79 Å². The molecule has 1 atom stereocenters. The molecule has 7 heteroatoms. The minimum Gasteiger partial charge on any atom is -0.341 e. The Morgan fingerprint density at radius 3 is 2.72 bits per heavy atom. The highest BCUT2D eigenvalue weighted by Gasteiger charge is 2.25. The molecule has 4 rings (SSSR count). The fourth-order valence-corrected chi connectivity index (χ4v) is 4.29. The highest BCUT2D eigenvalue weighted by molar-refractivity contribution is 8.00. The molecule has 0 saturated heterocycles. The average Bonchev–Trinajstić information content (AvgIpc) is 3.23. The molecule has 0 saturated carbocycles. The van der Waals surface area contributed by atoms with Crippen LogP contribution in [0.15, 0.2) is 66.2 Å². The van der Waals surface area contributed by atoms with Crippen molar-refractivity contribution in [3.8, 4) is 0 Å². The average molecular weight is 404 g/mol. The third kappa shape index (κ3) is 4.00. The van der Waals surface area contributed by atoms with Crippen LogP contribution < -0.4 is 5.32 Å². The first-order chi connectivity index (χ1) is 14.2. The number of nitrogens with zero attached hydrogens (tertiary/aromatic N) is 3. The Balaban J connectivity index is 1.70. The van der Waals surface area contributed by atoms with Gasteiger partial charge in [0.25, 0.3) is 0 Å². The van der Waals surface area contributed by atoms with Gasteiger partial charge in [-0.3, -0.25) is 4.79 Å². The Hall–Kier alpha value is -3.19. The number of imidazole rings is 1. The van der Waals surface area contributed by atoms with Crippen LogP contribution in [0.2, 0.25) is 0 Å². The first-order valence-corrected chi connectivity index (χ1v) is 10.3. The highest BCUT2D eigenvalue weighted by atomic mass is 32.2. The summed E-state index contributed by atoms with van der Waals surface area (Å²) in [7, 11) is 0. The number of aromatic amines is 1.